The van der Waals surface area contributed by atoms with E-state index in [1.807, 2.05) is 12.1 Å². The summed E-state index contributed by atoms with van der Waals surface area (Å²) in [5.41, 5.74) is 11.5. The first kappa shape index (κ1) is 30.1. The summed E-state index contributed by atoms with van der Waals surface area (Å²) in [4.78, 5) is 48.1. The summed E-state index contributed by atoms with van der Waals surface area (Å²) in [6.45, 7) is 0. The van der Waals surface area contributed by atoms with E-state index in [1.165, 1.54) is 36.0 Å². The monoisotopic (exact) mass is 650 g/mol. The van der Waals surface area contributed by atoms with E-state index in [2.05, 4.69) is 19.8 Å². The number of aromatic nitrogens is 2. The maximum atomic E-state index is 13.1. The van der Waals surface area contributed by atoms with Gasteiger partial charge in [-0.25, -0.2) is 9.78 Å². The highest BCUT2D eigenvalue weighted by molar-refractivity contribution is 8.02. The summed E-state index contributed by atoms with van der Waals surface area (Å²) in [5.74, 6) is -2.61. The third-order valence-corrected chi connectivity index (χ3v) is 10.9. The molecule has 4 rings (SSSR count). The van der Waals surface area contributed by atoms with Gasteiger partial charge in [0, 0.05) is 16.9 Å². The molecule has 2 aromatic heterocycles. The number of amidine groups is 1. The van der Waals surface area contributed by atoms with Crippen LogP contribution in [0.3, 0.4) is 0 Å². The Morgan fingerprint density at radius 2 is 2.22 bits per heavy atom. The van der Waals surface area contributed by atoms with Crippen LogP contribution in [0.2, 0.25) is 0 Å². The Kier molecular flexibility index (Phi) is 9.40. The highest BCUT2D eigenvalue weighted by Gasteiger charge is 2.54. The van der Waals surface area contributed by atoms with Gasteiger partial charge in [0.15, 0.2) is 16.1 Å². The zero-order valence-corrected chi connectivity index (χ0v) is 24.8. The van der Waals surface area contributed by atoms with Crippen LogP contribution in [0.1, 0.15) is 11.3 Å². The number of carboxylic acid groups (broad SMARTS) is 1. The SMILES string of the molecule is CO/N=C(\C(=O)N[C@@H]1C(=O)N2C(C(=O)O)=C(CSc3snc(SC(C#N)C(=N)N)c3C#N)CS[C@@H]12)c1csc(N)n1. The minimum Gasteiger partial charge on any atom is -0.477 e. The minimum absolute atomic E-state index is 0.146. The molecule has 0 aromatic carbocycles. The fourth-order valence-electron chi connectivity index (χ4n) is 3.65. The summed E-state index contributed by atoms with van der Waals surface area (Å²) in [6, 6.07) is 2.90. The largest absolute Gasteiger partial charge is 0.477 e. The Bertz CT molecular complexity index is 1570. The van der Waals surface area contributed by atoms with Crippen molar-refractivity contribution in [2.75, 3.05) is 24.3 Å². The van der Waals surface area contributed by atoms with Crippen molar-refractivity contribution in [1.82, 2.24) is 19.6 Å². The molecule has 3 atom stereocenters. The van der Waals surface area contributed by atoms with Gasteiger partial charge < -0.3 is 26.7 Å². The van der Waals surface area contributed by atoms with Crippen LogP contribution in [0.15, 0.2) is 31.0 Å². The zero-order chi connectivity index (χ0) is 29.8. The number of fused-ring (bicyclic) bond motifs is 1. The third-order valence-electron chi connectivity index (χ3n) is 5.45. The first-order valence-corrected chi connectivity index (χ1v) is 15.6. The first-order chi connectivity index (χ1) is 19.6. The Balaban J connectivity index is 1.49. The Morgan fingerprint density at radius 3 is 2.80 bits per heavy atom. The Morgan fingerprint density at radius 1 is 1.46 bits per heavy atom. The van der Waals surface area contributed by atoms with Crippen LogP contribution in [0.25, 0.3) is 0 Å². The van der Waals surface area contributed by atoms with Gasteiger partial charge in [-0.1, -0.05) is 16.9 Å². The summed E-state index contributed by atoms with van der Waals surface area (Å²) >= 11 is 5.44. The number of nitriles is 2. The van der Waals surface area contributed by atoms with Crippen LogP contribution in [0.5, 0.6) is 0 Å². The number of oxime groups is 1. The maximum Gasteiger partial charge on any atom is 0.352 e. The highest BCUT2D eigenvalue weighted by Crippen LogP contribution is 2.43. The molecular formula is C21H18N10O5S5. The predicted octanol–water partition coefficient (Wildman–Crippen LogP) is 0.855. The molecule has 1 saturated heterocycles. The number of nitrogens with one attached hydrogen (secondary N) is 2. The normalized spacial score (nSPS) is 19.0. The average molecular weight is 651 g/mol. The van der Waals surface area contributed by atoms with Crippen LogP contribution < -0.4 is 16.8 Å². The van der Waals surface area contributed by atoms with Gasteiger partial charge in [-0.3, -0.25) is 19.9 Å². The van der Waals surface area contributed by atoms with Crippen LogP contribution in [-0.2, 0) is 19.2 Å². The molecule has 1 fully saturated rings. The van der Waals surface area contributed by atoms with Gasteiger partial charge in [0.25, 0.3) is 11.8 Å². The lowest BCUT2D eigenvalue weighted by Gasteiger charge is -2.49. The van der Waals surface area contributed by atoms with E-state index < -0.39 is 34.4 Å². The molecule has 2 amide bonds. The van der Waals surface area contributed by atoms with Crippen molar-refractivity contribution in [1.29, 1.82) is 15.9 Å². The number of thioether (sulfide) groups is 3. The van der Waals surface area contributed by atoms with E-state index in [0.29, 0.717) is 9.78 Å². The number of hydrogen-bond acceptors (Lipinski definition) is 16. The standard InChI is InChI=1S/C21H18N10O5S5/c1-36-29-11(9-6-39-21(26)27-9)15(32)28-12-17(33)31-13(19(34)35)7(4-37-18(12)31)5-38-20-8(2-22)16(30-41-20)40-10(3-23)14(24)25/h6,10,12,18H,4-5H2,1H3,(H3,24,25)(H2,26,27)(H,28,32)(H,34,35)/b29-11-/t10?,12-,18+/m1/s1. The molecule has 4 heterocycles. The number of β-lactam (4-membered cyclic amide) rings is 1. The zero-order valence-electron chi connectivity index (χ0n) is 20.7. The third kappa shape index (κ3) is 6.11. The predicted molar refractivity (Wildman–Crippen MR) is 154 cm³/mol. The molecule has 15 nitrogen and oxygen atoms in total. The van der Waals surface area contributed by atoms with Crippen molar-refractivity contribution in [3.8, 4) is 12.1 Å². The molecule has 2 aliphatic rings. The molecule has 0 bridgehead atoms. The topological polar surface area (TPSA) is 258 Å². The second-order valence-electron chi connectivity index (χ2n) is 7.94. The van der Waals surface area contributed by atoms with E-state index >= 15 is 0 Å². The van der Waals surface area contributed by atoms with Crippen LogP contribution in [0.4, 0.5) is 5.13 Å². The van der Waals surface area contributed by atoms with Gasteiger partial charge in [0.1, 0.15) is 52.4 Å². The van der Waals surface area contributed by atoms with Crippen LogP contribution in [0, 0.1) is 28.1 Å². The molecule has 1 unspecified atom stereocenters. The highest BCUT2D eigenvalue weighted by atomic mass is 32.2. The van der Waals surface area contributed by atoms with Crippen molar-refractivity contribution in [2.45, 2.75) is 25.9 Å². The summed E-state index contributed by atoms with van der Waals surface area (Å²) in [5, 5.41) is 42.9. The minimum atomic E-state index is -1.30. The number of carbonyl (C=O) groups excluding carboxylic acids is 2. The van der Waals surface area contributed by atoms with E-state index in [0.717, 1.165) is 39.5 Å². The fourth-order valence-corrected chi connectivity index (χ4v) is 8.58. The Hall–Kier alpha value is -3.82. The molecule has 0 aliphatic carbocycles. The van der Waals surface area contributed by atoms with Crippen LogP contribution >= 0.6 is 58.2 Å². The van der Waals surface area contributed by atoms with Gasteiger partial charge in [-0.2, -0.15) is 14.9 Å². The average Bonchev–Trinajstić information content (AvgIpc) is 3.55. The van der Waals surface area contributed by atoms with Gasteiger partial charge in [-0.15, -0.1) is 34.9 Å². The lowest BCUT2D eigenvalue weighted by molar-refractivity contribution is -0.150. The number of rotatable bonds is 11. The molecular weight excluding hydrogens is 633 g/mol. The number of carbonyl (C=O) groups is 3. The lowest BCUT2D eigenvalue weighted by Crippen LogP contribution is -2.71. The van der Waals surface area contributed by atoms with E-state index in [9.17, 15) is 30.0 Å². The second-order valence-corrected chi connectivity index (χ2v) is 13.1. The van der Waals surface area contributed by atoms with Crippen LogP contribution in [-0.4, -0.2) is 84.0 Å². The van der Waals surface area contributed by atoms with Gasteiger partial charge >= 0.3 is 5.97 Å². The number of nitrogens with two attached hydrogens (primary N) is 2. The van der Waals surface area contributed by atoms with Crippen molar-refractivity contribution in [3.05, 3.63) is 27.9 Å². The molecule has 7 N–H and O–H groups in total. The summed E-state index contributed by atoms with van der Waals surface area (Å²) in [6.07, 6.45) is 0. The number of nitrogen functional groups attached to an aromatic ring is 1. The van der Waals surface area contributed by atoms with Gasteiger partial charge in [-0.05, 0) is 17.1 Å². The number of hydrogen-bond donors (Lipinski definition) is 5. The lowest BCUT2D eigenvalue weighted by atomic mass is 10.0. The van der Waals surface area contributed by atoms with E-state index in [4.69, 9.17) is 21.7 Å². The number of thiazole rings is 1. The van der Waals surface area contributed by atoms with Crippen molar-refractivity contribution in [3.63, 3.8) is 0 Å². The molecule has 0 saturated carbocycles. The van der Waals surface area contributed by atoms with Crippen molar-refractivity contribution >= 4 is 92.6 Å². The number of nitrogens with zero attached hydrogens (tertiary/aromatic N) is 6. The van der Waals surface area contributed by atoms with Gasteiger partial charge in [0.2, 0.25) is 0 Å². The molecule has 20 heteroatoms. The smallest absolute Gasteiger partial charge is 0.352 e. The van der Waals surface area contributed by atoms with Crippen molar-refractivity contribution in [2.24, 2.45) is 10.9 Å². The maximum absolute atomic E-state index is 13.1. The second kappa shape index (κ2) is 12.8. The van der Waals surface area contributed by atoms with Crippen molar-refractivity contribution < 1.29 is 24.3 Å². The molecule has 41 heavy (non-hydrogen) atoms. The molecule has 0 spiro atoms. The van der Waals surface area contributed by atoms with E-state index in [-0.39, 0.29) is 50.2 Å². The van der Waals surface area contributed by atoms with Gasteiger partial charge in [0.05, 0.1) is 10.3 Å². The number of carboxylic acids is 1. The number of amides is 2. The first-order valence-electron chi connectivity index (χ1n) is 11.1. The Labute approximate surface area is 252 Å². The molecule has 212 valence electrons. The quantitative estimate of drug-likeness (QED) is 0.0743. The summed E-state index contributed by atoms with van der Waals surface area (Å²) in [7, 11) is 1.25. The molecule has 2 aliphatic heterocycles. The molecule has 2 aromatic rings. The van der Waals surface area contributed by atoms with E-state index in [1.54, 1.807) is 0 Å². The number of aliphatic carboxylic acids is 1. The molecule has 0 radical (unpaired) electrons. The fraction of sp³-hybridized carbons (Fsp3) is 0.286. The summed E-state index contributed by atoms with van der Waals surface area (Å²) < 4.78 is 4.69. The number of anilines is 1.